The van der Waals surface area contributed by atoms with Gasteiger partial charge in [0.2, 0.25) is 0 Å². The average Bonchev–Trinajstić information content (AvgIpc) is 2.86. The number of nitrogens with zero attached hydrogens (tertiary/aromatic N) is 1. The smallest absolute Gasteiger partial charge is 0.311 e. The van der Waals surface area contributed by atoms with E-state index in [1.807, 2.05) is 0 Å². The Bertz CT molecular complexity index is 605. The number of halogens is 1. The molecule has 1 aliphatic heterocycles. The third kappa shape index (κ3) is 3.11. The fraction of sp³-hybridized carbons (Fsp3) is 0.333. The maximum absolute atomic E-state index is 12.1. The van der Waals surface area contributed by atoms with E-state index in [1.165, 1.54) is 18.2 Å². The molecule has 2 N–H and O–H groups in total. The Balaban J connectivity index is 2.23. The topological polar surface area (TPSA) is 119 Å². The monoisotopic (exact) mass is 314 g/mol. The molecule has 1 heterocycles. The number of hydrogen-bond acceptors (Lipinski definition) is 5. The van der Waals surface area contributed by atoms with Gasteiger partial charge in [-0.25, -0.2) is 0 Å². The third-order valence-corrected chi connectivity index (χ3v) is 3.43. The first kappa shape index (κ1) is 15.2. The molecule has 112 valence electrons. The zero-order valence-electron chi connectivity index (χ0n) is 10.6. The van der Waals surface area contributed by atoms with Gasteiger partial charge in [0.25, 0.3) is 5.91 Å². The highest BCUT2D eigenvalue weighted by molar-refractivity contribution is 6.33. The number of carbonyl (C=O) groups excluding carboxylic acids is 1. The first-order chi connectivity index (χ1) is 9.91. The van der Waals surface area contributed by atoms with E-state index in [1.54, 1.807) is 0 Å². The second kappa shape index (κ2) is 6.06. The Labute approximate surface area is 123 Å². The van der Waals surface area contributed by atoms with E-state index in [-0.39, 0.29) is 23.8 Å². The van der Waals surface area contributed by atoms with E-state index in [4.69, 9.17) is 21.4 Å². The SMILES string of the molecule is O=C(NC1COCC1C(=O)O)c1cccc(Cl)c1[N+](=O)[O-]. The summed E-state index contributed by atoms with van der Waals surface area (Å²) in [6.07, 6.45) is 0. The van der Waals surface area contributed by atoms with Gasteiger partial charge in [0.15, 0.2) is 0 Å². The highest BCUT2D eigenvalue weighted by Gasteiger charge is 2.36. The van der Waals surface area contributed by atoms with Gasteiger partial charge in [-0.2, -0.15) is 0 Å². The van der Waals surface area contributed by atoms with Gasteiger partial charge in [-0.15, -0.1) is 0 Å². The fourth-order valence-electron chi connectivity index (χ4n) is 2.07. The highest BCUT2D eigenvalue weighted by atomic mass is 35.5. The van der Waals surface area contributed by atoms with Crippen molar-refractivity contribution < 1.29 is 24.4 Å². The normalized spacial score (nSPS) is 21.0. The molecule has 1 amide bonds. The number of para-hydroxylation sites is 1. The zero-order valence-corrected chi connectivity index (χ0v) is 11.4. The fourth-order valence-corrected chi connectivity index (χ4v) is 2.31. The first-order valence-electron chi connectivity index (χ1n) is 5.96. The largest absolute Gasteiger partial charge is 0.481 e. The predicted octanol–water partition coefficient (Wildman–Crippen LogP) is 1.08. The molecular formula is C12H11ClN2O6. The molecule has 0 saturated carbocycles. The lowest BCUT2D eigenvalue weighted by Crippen LogP contribution is -2.42. The van der Waals surface area contributed by atoms with Crippen molar-refractivity contribution in [3.63, 3.8) is 0 Å². The molecule has 1 aliphatic rings. The van der Waals surface area contributed by atoms with E-state index >= 15 is 0 Å². The van der Waals surface area contributed by atoms with Crippen LogP contribution in [0.5, 0.6) is 0 Å². The molecular weight excluding hydrogens is 304 g/mol. The van der Waals surface area contributed by atoms with Crippen LogP contribution in [-0.2, 0) is 9.53 Å². The standard InChI is InChI=1S/C12H11ClN2O6/c13-8-3-1-2-6(10(8)15(19)20)11(16)14-9-5-21-4-7(9)12(17)18/h1-3,7,9H,4-5H2,(H,14,16)(H,17,18). The van der Waals surface area contributed by atoms with Crippen LogP contribution in [0, 0.1) is 16.0 Å². The van der Waals surface area contributed by atoms with Crippen molar-refractivity contribution in [3.8, 4) is 0 Å². The van der Waals surface area contributed by atoms with Crippen molar-refractivity contribution in [2.75, 3.05) is 13.2 Å². The zero-order chi connectivity index (χ0) is 15.6. The molecule has 0 bridgehead atoms. The van der Waals surface area contributed by atoms with Crippen LogP contribution in [0.25, 0.3) is 0 Å². The molecule has 1 saturated heterocycles. The van der Waals surface area contributed by atoms with Crippen molar-refractivity contribution in [2.45, 2.75) is 6.04 Å². The molecule has 2 rings (SSSR count). The van der Waals surface area contributed by atoms with Crippen LogP contribution < -0.4 is 5.32 Å². The van der Waals surface area contributed by atoms with Gasteiger partial charge >= 0.3 is 11.7 Å². The summed E-state index contributed by atoms with van der Waals surface area (Å²) >= 11 is 5.72. The molecule has 8 nitrogen and oxygen atoms in total. The lowest BCUT2D eigenvalue weighted by Gasteiger charge is -2.15. The molecule has 0 aromatic heterocycles. The lowest BCUT2D eigenvalue weighted by molar-refractivity contribution is -0.385. The van der Waals surface area contributed by atoms with E-state index in [9.17, 15) is 19.7 Å². The number of amides is 1. The number of carboxylic acids is 1. The van der Waals surface area contributed by atoms with Crippen LogP contribution in [0.3, 0.4) is 0 Å². The molecule has 21 heavy (non-hydrogen) atoms. The number of nitro groups is 1. The van der Waals surface area contributed by atoms with E-state index in [0.717, 1.165) is 0 Å². The van der Waals surface area contributed by atoms with E-state index in [0.29, 0.717) is 0 Å². The molecule has 1 aromatic carbocycles. The van der Waals surface area contributed by atoms with Gasteiger partial charge in [-0.3, -0.25) is 19.7 Å². The number of benzene rings is 1. The minimum Gasteiger partial charge on any atom is -0.481 e. The maximum Gasteiger partial charge on any atom is 0.311 e. The number of nitro benzene ring substituents is 1. The van der Waals surface area contributed by atoms with E-state index in [2.05, 4.69) is 5.32 Å². The van der Waals surface area contributed by atoms with Crippen molar-refractivity contribution in [2.24, 2.45) is 5.92 Å². The minimum atomic E-state index is -1.10. The first-order valence-corrected chi connectivity index (χ1v) is 6.34. The summed E-state index contributed by atoms with van der Waals surface area (Å²) in [5.74, 6) is -2.74. The lowest BCUT2D eigenvalue weighted by atomic mass is 10.0. The van der Waals surface area contributed by atoms with Crippen molar-refractivity contribution >= 4 is 29.2 Å². The van der Waals surface area contributed by atoms with Crippen LogP contribution in [0.1, 0.15) is 10.4 Å². The Morgan fingerprint density at radius 3 is 2.76 bits per heavy atom. The van der Waals surface area contributed by atoms with Gasteiger partial charge in [0.1, 0.15) is 16.5 Å². The Hall–Kier alpha value is -2.19. The number of aliphatic carboxylic acids is 1. The number of nitrogens with one attached hydrogen (secondary N) is 1. The summed E-state index contributed by atoms with van der Waals surface area (Å²) in [5, 5.41) is 22.3. The molecule has 0 spiro atoms. The second-order valence-electron chi connectivity index (χ2n) is 4.46. The summed E-state index contributed by atoms with van der Waals surface area (Å²) in [4.78, 5) is 33.3. The van der Waals surface area contributed by atoms with Crippen molar-refractivity contribution in [1.82, 2.24) is 5.32 Å². The maximum atomic E-state index is 12.1. The van der Waals surface area contributed by atoms with Gasteiger partial charge in [0.05, 0.1) is 24.2 Å². The minimum absolute atomic E-state index is 0.0160. The molecule has 1 aromatic rings. The Kier molecular flexibility index (Phi) is 4.39. The number of hydrogen-bond donors (Lipinski definition) is 2. The Morgan fingerprint density at radius 2 is 2.14 bits per heavy atom. The molecule has 2 atom stereocenters. The molecule has 2 unspecified atom stereocenters. The van der Waals surface area contributed by atoms with Gasteiger partial charge in [-0.05, 0) is 12.1 Å². The van der Waals surface area contributed by atoms with Crippen molar-refractivity contribution in [1.29, 1.82) is 0 Å². The summed E-state index contributed by atoms with van der Waals surface area (Å²) in [6, 6.07) is 3.22. The predicted molar refractivity (Wildman–Crippen MR) is 71.3 cm³/mol. The highest BCUT2D eigenvalue weighted by Crippen LogP contribution is 2.28. The Morgan fingerprint density at radius 1 is 1.43 bits per heavy atom. The van der Waals surface area contributed by atoms with Crippen LogP contribution in [0.4, 0.5) is 5.69 Å². The average molecular weight is 315 g/mol. The van der Waals surface area contributed by atoms with Crippen LogP contribution in [0.15, 0.2) is 18.2 Å². The van der Waals surface area contributed by atoms with Crippen molar-refractivity contribution in [3.05, 3.63) is 38.9 Å². The number of carbonyl (C=O) groups is 2. The quantitative estimate of drug-likeness (QED) is 0.634. The molecule has 0 radical (unpaired) electrons. The summed E-state index contributed by atoms with van der Waals surface area (Å²) in [7, 11) is 0. The summed E-state index contributed by atoms with van der Waals surface area (Å²) < 4.78 is 5.01. The van der Waals surface area contributed by atoms with Gasteiger partial charge in [-0.1, -0.05) is 17.7 Å². The summed E-state index contributed by atoms with van der Waals surface area (Å²) in [5.41, 5.74) is -0.731. The number of ether oxygens (including phenoxy) is 1. The van der Waals surface area contributed by atoms with Crippen LogP contribution in [0.2, 0.25) is 5.02 Å². The van der Waals surface area contributed by atoms with Gasteiger partial charge in [0, 0.05) is 0 Å². The van der Waals surface area contributed by atoms with Crippen LogP contribution >= 0.6 is 11.6 Å². The van der Waals surface area contributed by atoms with Crippen LogP contribution in [-0.4, -0.2) is 41.2 Å². The van der Waals surface area contributed by atoms with Gasteiger partial charge < -0.3 is 15.2 Å². The second-order valence-corrected chi connectivity index (χ2v) is 4.86. The third-order valence-electron chi connectivity index (χ3n) is 3.13. The summed E-state index contributed by atoms with van der Waals surface area (Å²) in [6.45, 7) is 0.0228. The number of carboxylic acid groups (broad SMARTS) is 1. The van der Waals surface area contributed by atoms with E-state index < -0.39 is 34.4 Å². The number of rotatable bonds is 4. The molecule has 1 fully saturated rings. The molecule has 0 aliphatic carbocycles. The molecule has 9 heteroatoms.